The second-order valence-electron chi connectivity index (χ2n) is 11.1. The monoisotopic (exact) mass is 569 g/mol. The first-order valence-corrected chi connectivity index (χ1v) is 15.5. The van der Waals surface area contributed by atoms with Crippen LogP contribution in [0, 0.1) is 20.8 Å². The minimum absolute atomic E-state index is 0.190. The van der Waals surface area contributed by atoms with Crippen LogP contribution in [-0.2, 0) is 27.8 Å². The van der Waals surface area contributed by atoms with Gasteiger partial charge in [0.2, 0.25) is 10.0 Å². The molecule has 0 aromatic heterocycles. The SMILES string of the molecule is Cc1ccc(OC[C@H]2O[C@@H](c3ccc4c(c3)CN(S(=O)(=O)c3ccc(C)cc3)C4)C[C@@H]2Oc2ccc(C)cc2)cc1. The van der Waals surface area contributed by atoms with Crippen LogP contribution in [0.4, 0.5) is 0 Å². The molecule has 2 heterocycles. The summed E-state index contributed by atoms with van der Waals surface area (Å²) in [7, 11) is -3.58. The Kier molecular flexibility index (Phi) is 7.60. The van der Waals surface area contributed by atoms with E-state index in [1.165, 1.54) is 11.1 Å². The van der Waals surface area contributed by atoms with Crippen molar-refractivity contribution in [2.75, 3.05) is 6.61 Å². The third-order valence-corrected chi connectivity index (χ3v) is 9.70. The Morgan fingerprint density at radius 3 is 2.00 bits per heavy atom. The number of hydrogen-bond acceptors (Lipinski definition) is 5. The highest BCUT2D eigenvalue weighted by Gasteiger charge is 2.39. The summed E-state index contributed by atoms with van der Waals surface area (Å²) in [6.07, 6.45) is 0.0131. The molecule has 1 fully saturated rings. The molecule has 0 unspecified atom stereocenters. The van der Waals surface area contributed by atoms with E-state index in [2.05, 4.69) is 19.1 Å². The summed E-state index contributed by atoms with van der Waals surface area (Å²) in [6.45, 7) is 7.12. The van der Waals surface area contributed by atoms with E-state index < -0.39 is 10.0 Å². The number of fused-ring (bicyclic) bond motifs is 1. The fraction of sp³-hybridized carbons (Fsp3) is 0.294. The molecule has 2 aliphatic rings. The lowest BCUT2D eigenvalue weighted by Gasteiger charge is -2.20. The summed E-state index contributed by atoms with van der Waals surface area (Å²) < 4.78 is 47.3. The predicted molar refractivity (Wildman–Crippen MR) is 159 cm³/mol. The molecule has 3 atom stereocenters. The highest BCUT2D eigenvalue weighted by molar-refractivity contribution is 7.89. The van der Waals surface area contributed by atoms with Crippen molar-refractivity contribution >= 4 is 10.0 Å². The van der Waals surface area contributed by atoms with Crippen molar-refractivity contribution in [3.05, 3.63) is 124 Å². The molecule has 0 radical (unpaired) electrons. The number of nitrogens with zero attached hydrogens (tertiary/aromatic N) is 1. The largest absolute Gasteiger partial charge is 0.491 e. The van der Waals surface area contributed by atoms with Gasteiger partial charge in [0.05, 0.1) is 11.0 Å². The standard InChI is InChI=1S/C34H35NO5S/c1-23-4-12-29(13-5-23)38-22-34-33(39-30-14-6-24(2)7-15-30)19-32(40-34)26-10-11-27-20-35(21-28(27)18-26)41(36,37)31-16-8-25(3)9-17-31/h4-18,32-34H,19-22H2,1-3H3/t32-,33+,34-/m1/s1. The molecular formula is C34H35NO5S. The zero-order chi connectivity index (χ0) is 28.6. The predicted octanol–water partition coefficient (Wildman–Crippen LogP) is 6.67. The molecule has 41 heavy (non-hydrogen) atoms. The van der Waals surface area contributed by atoms with Crippen LogP contribution in [0.3, 0.4) is 0 Å². The van der Waals surface area contributed by atoms with E-state index in [1.54, 1.807) is 16.4 Å². The second kappa shape index (κ2) is 11.3. The van der Waals surface area contributed by atoms with E-state index >= 15 is 0 Å². The van der Waals surface area contributed by atoms with Crippen molar-refractivity contribution in [2.24, 2.45) is 0 Å². The van der Waals surface area contributed by atoms with Gasteiger partial charge in [-0.3, -0.25) is 0 Å². The van der Waals surface area contributed by atoms with E-state index in [0.29, 0.717) is 31.0 Å². The fourth-order valence-corrected chi connectivity index (χ4v) is 6.82. The van der Waals surface area contributed by atoms with E-state index in [-0.39, 0.29) is 18.3 Å². The topological polar surface area (TPSA) is 65.1 Å². The maximum absolute atomic E-state index is 13.3. The quantitative estimate of drug-likeness (QED) is 0.237. The highest BCUT2D eigenvalue weighted by atomic mass is 32.2. The lowest BCUT2D eigenvalue weighted by Crippen LogP contribution is -2.32. The molecule has 0 saturated carbocycles. The van der Waals surface area contributed by atoms with Crippen molar-refractivity contribution in [2.45, 2.75) is 63.5 Å². The van der Waals surface area contributed by atoms with Gasteiger partial charge in [-0.2, -0.15) is 4.31 Å². The lowest BCUT2D eigenvalue weighted by atomic mass is 10.00. The lowest BCUT2D eigenvalue weighted by molar-refractivity contribution is -0.0107. The maximum Gasteiger partial charge on any atom is 0.243 e. The van der Waals surface area contributed by atoms with Crippen LogP contribution in [0.15, 0.2) is 95.9 Å². The van der Waals surface area contributed by atoms with Crippen LogP contribution in [0.1, 0.15) is 45.9 Å². The van der Waals surface area contributed by atoms with Gasteiger partial charge >= 0.3 is 0 Å². The van der Waals surface area contributed by atoms with Crippen LogP contribution in [0.25, 0.3) is 0 Å². The Hall–Kier alpha value is -3.65. The molecule has 0 amide bonds. The first-order valence-electron chi connectivity index (χ1n) is 14.0. The zero-order valence-corrected chi connectivity index (χ0v) is 24.4. The molecule has 0 bridgehead atoms. The Labute approximate surface area is 242 Å². The Bertz CT molecular complexity index is 1620. The van der Waals surface area contributed by atoms with E-state index in [4.69, 9.17) is 14.2 Å². The van der Waals surface area contributed by atoms with Crippen molar-refractivity contribution in [1.82, 2.24) is 4.31 Å². The molecule has 2 aliphatic heterocycles. The van der Waals surface area contributed by atoms with Crippen molar-refractivity contribution in [3.63, 3.8) is 0 Å². The molecule has 1 saturated heterocycles. The smallest absolute Gasteiger partial charge is 0.243 e. The van der Waals surface area contributed by atoms with E-state index in [1.807, 2.05) is 80.6 Å². The molecule has 4 aromatic rings. The normalized spacial score (nSPS) is 20.6. The van der Waals surface area contributed by atoms with Gasteiger partial charge in [0.25, 0.3) is 0 Å². The summed E-state index contributed by atoms with van der Waals surface area (Å²) in [5.41, 5.74) is 6.44. The van der Waals surface area contributed by atoms with Crippen LogP contribution < -0.4 is 9.47 Å². The van der Waals surface area contributed by atoms with Gasteiger partial charge < -0.3 is 14.2 Å². The molecule has 7 heteroatoms. The maximum atomic E-state index is 13.3. The summed E-state index contributed by atoms with van der Waals surface area (Å²) in [4.78, 5) is 0.322. The molecule has 0 N–H and O–H groups in total. The van der Waals surface area contributed by atoms with Gasteiger partial charge in [0.15, 0.2) is 0 Å². The number of rotatable bonds is 8. The minimum Gasteiger partial charge on any atom is -0.491 e. The summed E-state index contributed by atoms with van der Waals surface area (Å²) in [5.74, 6) is 1.60. The summed E-state index contributed by atoms with van der Waals surface area (Å²) in [6, 6.07) is 29.2. The van der Waals surface area contributed by atoms with Gasteiger partial charge in [0.1, 0.15) is 30.3 Å². The van der Waals surface area contributed by atoms with Crippen molar-refractivity contribution in [3.8, 4) is 11.5 Å². The Balaban J connectivity index is 1.19. The number of ether oxygens (including phenoxy) is 3. The Morgan fingerprint density at radius 2 is 1.34 bits per heavy atom. The highest BCUT2D eigenvalue weighted by Crippen LogP contribution is 2.38. The van der Waals surface area contributed by atoms with Gasteiger partial charge in [-0.25, -0.2) is 8.42 Å². The fourth-order valence-electron chi connectivity index (χ4n) is 5.42. The molecule has 6 nitrogen and oxygen atoms in total. The van der Waals surface area contributed by atoms with Crippen LogP contribution in [0.5, 0.6) is 11.5 Å². The second-order valence-corrected chi connectivity index (χ2v) is 13.0. The van der Waals surface area contributed by atoms with Crippen molar-refractivity contribution in [1.29, 1.82) is 0 Å². The number of benzene rings is 4. The Morgan fingerprint density at radius 1 is 0.756 bits per heavy atom. The van der Waals surface area contributed by atoms with Crippen LogP contribution in [-0.4, -0.2) is 31.5 Å². The van der Waals surface area contributed by atoms with E-state index in [0.717, 1.165) is 33.8 Å². The molecule has 212 valence electrons. The molecule has 6 rings (SSSR count). The van der Waals surface area contributed by atoms with Gasteiger partial charge in [-0.15, -0.1) is 0 Å². The minimum atomic E-state index is -3.58. The summed E-state index contributed by atoms with van der Waals surface area (Å²) in [5, 5.41) is 0. The van der Waals surface area contributed by atoms with Gasteiger partial charge in [-0.05, 0) is 73.9 Å². The molecule has 4 aromatic carbocycles. The molecule has 0 spiro atoms. The molecular weight excluding hydrogens is 534 g/mol. The van der Waals surface area contributed by atoms with Crippen LogP contribution in [0.2, 0.25) is 0 Å². The third-order valence-electron chi connectivity index (χ3n) is 7.90. The average molecular weight is 570 g/mol. The van der Waals surface area contributed by atoms with E-state index in [9.17, 15) is 8.42 Å². The number of aryl methyl sites for hydroxylation is 3. The first-order chi connectivity index (χ1) is 19.7. The average Bonchev–Trinajstić information content (AvgIpc) is 3.58. The van der Waals surface area contributed by atoms with Gasteiger partial charge in [-0.1, -0.05) is 71.3 Å². The number of sulfonamides is 1. The van der Waals surface area contributed by atoms with Gasteiger partial charge in [0, 0.05) is 19.5 Å². The first kappa shape index (κ1) is 27.5. The molecule has 0 aliphatic carbocycles. The summed E-state index contributed by atoms with van der Waals surface area (Å²) >= 11 is 0. The zero-order valence-electron chi connectivity index (χ0n) is 23.6. The van der Waals surface area contributed by atoms with Crippen molar-refractivity contribution < 1.29 is 22.6 Å². The third kappa shape index (κ3) is 6.03. The van der Waals surface area contributed by atoms with Crippen LogP contribution >= 0.6 is 0 Å². The number of hydrogen-bond donors (Lipinski definition) is 0.